The van der Waals surface area contributed by atoms with Crippen LogP contribution in [0.1, 0.15) is 11.1 Å². The second-order valence-electron chi connectivity index (χ2n) is 4.26. The lowest BCUT2D eigenvalue weighted by Crippen LogP contribution is -2.31. The fraction of sp³-hybridized carbons (Fsp3) is 0.133. The predicted octanol–water partition coefficient (Wildman–Crippen LogP) is 1.94. The van der Waals surface area contributed by atoms with Gasteiger partial charge in [0.05, 0.1) is 6.42 Å². The summed E-state index contributed by atoms with van der Waals surface area (Å²) in [7, 11) is 0. The van der Waals surface area contributed by atoms with Crippen LogP contribution < -0.4 is 16.0 Å². The van der Waals surface area contributed by atoms with Crippen LogP contribution in [0.4, 0.5) is 4.39 Å². The summed E-state index contributed by atoms with van der Waals surface area (Å²) in [4.78, 5) is 11.3. The number of nitrogens with two attached hydrogens (primary N) is 1. The minimum Gasteiger partial charge on any atom is -0.489 e. The van der Waals surface area contributed by atoms with E-state index in [-0.39, 0.29) is 18.1 Å². The molecule has 3 N–H and O–H groups in total. The maximum atomic E-state index is 12.8. The molecule has 2 aromatic carbocycles. The average Bonchev–Trinajstić information content (AvgIpc) is 2.48. The highest BCUT2D eigenvalue weighted by molar-refractivity contribution is 5.78. The lowest BCUT2D eigenvalue weighted by Gasteiger charge is -2.10. The van der Waals surface area contributed by atoms with Crippen LogP contribution >= 0.6 is 0 Å². The molecule has 0 spiro atoms. The van der Waals surface area contributed by atoms with Crippen molar-refractivity contribution in [3.05, 3.63) is 65.5 Å². The summed E-state index contributed by atoms with van der Waals surface area (Å²) in [6, 6.07) is 13.2. The van der Waals surface area contributed by atoms with Crippen LogP contribution in [0.2, 0.25) is 0 Å². The molecule has 0 unspecified atom stereocenters. The van der Waals surface area contributed by atoms with E-state index in [2.05, 4.69) is 5.43 Å². The molecule has 1 amide bonds. The topological polar surface area (TPSA) is 64.3 Å². The number of amides is 1. The van der Waals surface area contributed by atoms with Gasteiger partial charge in [0, 0.05) is 0 Å². The Morgan fingerprint density at radius 2 is 1.75 bits per heavy atom. The Labute approximate surface area is 116 Å². The third-order valence-electron chi connectivity index (χ3n) is 2.84. The van der Waals surface area contributed by atoms with Gasteiger partial charge in [-0.2, -0.15) is 0 Å². The van der Waals surface area contributed by atoms with E-state index in [0.29, 0.717) is 12.4 Å². The first-order valence-corrected chi connectivity index (χ1v) is 6.13. The Kier molecular flexibility index (Phi) is 4.68. The van der Waals surface area contributed by atoms with Gasteiger partial charge in [0.1, 0.15) is 18.2 Å². The number of hydrogen-bond donors (Lipinski definition) is 2. The summed E-state index contributed by atoms with van der Waals surface area (Å²) >= 11 is 0. The first-order valence-electron chi connectivity index (χ1n) is 6.13. The highest BCUT2D eigenvalue weighted by Crippen LogP contribution is 2.16. The summed E-state index contributed by atoms with van der Waals surface area (Å²) in [6.07, 6.45) is 0.194. The fourth-order valence-corrected chi connectivity index (χ4v) is 1.79. The number of carbonyl (C=O) groups is 1. The van der Waals surface area contributed by atoms with Gasteiger partial charge < -0.3 is 4.74 Å². The third-order valence-corrected chi connectivity index (χ3v) is 2.84. The van der Waals surface area contributed by atoms with Gasteiger partial charge in [-0.15, -0.1) is 0 Å². The van der Waals surface area contributed by atoms with E-state index in [9.17, 15) is 9.18 Å². The maximum absolute atomic E-state index is 12.8. The van der Waals surface area contributed by atoms with Gasteiger partial charge in [0.15, 0.2) is 0 Å². The average molecular weight is 274 g/mol. The summed E-state index contributed by atoms with van der Waals surface area (Å²) in [5, 5.41) is 0. The summed E-state index contributed by atoms with van der Waals surface area (Å²) in [5.41, 5.74) is 3.83. The highest BCUT2D eigenvalue weighted by Gasteiger charge is 2.07. The first-order chi connectivity index (χ1) is 9.69. The fourth-order valence-electron chi connectivity index (χ4n) is 1.79. The molecule has 0 aliphatic carbocycles. The van der Waals surface area contributed by atoms with Gasteiger partial charge in [-0.25, -0.2) is 10.2 Å². The lowest BCUT2D eigenvalue weighted by molar-refractivity contribution is -0.120. The standard InChI is InChI=1S/C15H15FN2O2/c16-13-5-7-14(8-6-13)20-10-12-4-2-1-3-11(12)9-15(19)18-17/h1-8H,9-10,17H2,(H,18,19). The molecule has 0 bridgehead atoms. The molecule has 0 aromatic heterocycles. The second kappa shape index (κ2) is 6.68. The molecule has 4 nitrogen and oxygen atoms in total. The van der Waals surface area contributed by atoms with Gasteiger partial charge >= 0.3 is 0 Å². The molecule has 104 valence electrons. The van der Waals surface area contributed by atoms with Crippen LogP contribution in [-0.4, -0.2) is 5.91 Å². The molecule has 0 atom stereocenters. The number of benzene rings is 2. The lowest BCUT2D eigenvalue weighted by atomic mass is 10.1. The number of nitrogens with one attached hydrogen (secondary N) is 1. The van der Waals surface area contributed by atoms with Crippen LogP contribution in [0.15, 0.2) is 48.5 Å². The molecule has 2 rings (SSSR count). The smallest absolute Gasteiger partial charge is 0.238 e. The van der Waals surface area contributed by atoms with Crippen molar-refractivity contribution in [3.8, 4) is 5.75 Å². The number of rotatable bonds is 5. The van der Waals surface area contributed by atoms with Gasteiger partial charge in [0.25, 0.3) is 0 Å². The summed E-state index contributed by atoms with van der Waals surface area (Å²) in [6.45, 7) is 0.305. The van der Waals surface area contributed by atoms with E-state index >= 15 is 0 Å². The molecule has 20 heavy (non-hydrogen) atoms. The molecular formula is C15H15FN2O2. The van der Waals surface area contributed by atoms with E-state index in [1.165, 1.54) is 12.1 Å². The van der Waals surface area contributed by atoms with Crippen molar-refractivity contribution in [2.24, 2.45) is 5.84 Å². The van der Waals surface area contributed by atoms with Gasteiger partial charge in [0.2, 0.25) is 5.91 Å². The monoisotopic (exact) mass is 274 g/mol. The Hall–Kier alpha value is -2.40. The largest absolute Gasteiger partial charge is 0.489 e. The van der Waals surface area contributed by atoms with Crippen LogP contribution in [0.3, 0.4) is 0 Å². The van der Waals surface area contributed by atoms with Crippen LogP contribution in [0.25, 0.3) is 0 Å². The van der Waals surface area contributed by atoms with Crippen molar-refractivity contribution in [2.75, 3.05) is 0 Å². The van der Waals surface area contributed by atoms with Crippen LogP contribution in [0, 0.1) is 5.82 Å². The molecule has 0 aliphatic rings. The van der Waals surface area contributed by atoms with Crippen LogP contribution in [-0.2, 0) is 17.8 Å². The Morgan fingerprint density at radius 3 is 2.40 bits per heavy atom. The Balaban J connectivity index is 2.05. The van der Waals surface area contributed by atoms with Crippen molar-refractivity contribution < 1.29 is 13.9 Å². The number of ether oxygens (including phenoxy) is 1. The van der Waals surface area contributed by atoms with Gasteiger partial charge in [-0.3, -0.25) is 10.2 Å². The molecule has 0 heterocycles. The zero-order chi connectivity index (χ0) is 14.4. The normalized spacial score (nSPS) is 10.1. The molecular weight excluding hydrogens is 259 g/mol. The summed E-state index contributed by atoms with van der Waals surface area (Å²) in [5.74, 6) is 5.08. The second-order valence-corrected chi connectivity index (χ2v) is 4.26. The molecule has 5 heteroatoms. The Bertz CT molecular complexity index is 585. The quantitative estimate of drug-likeness (QED) is 0.497. The van der Waals surface area contributed by atoms with Gasteiger partial charge in [-0.05, 0) is 35.4 Å². The number of hydrazine groups is 1. The van der Waals surface area contributed by atoms with E-state index < -0.39 is 0 Å². The molecule has 0 saturated heterocycles. The van der Waals surface area contributed by atoms with Crippen molar-refractivity contribution in [3.63, 3.8) is 0 Å². The van der Waals surface area contributed by atoms with E-state index in [1.807, 2.05) is 24.3 Å². The molecule has 0 radical (unpaired) electrons. The predicted molar refractivity (Wildman–Crippen MR) is 73.2 cm³/mol. The first kappa shape index (κ1) is 14.0. The maximum Gasteiger partial charge on any atom is 0.238 e. The summed E-state index contributed by atoms with van der Waals surface area (Å²) < 4.78 is 18.4. The molecule has 0 fully saturated rings. The Morgan fingerprint density at radius 1 is 1.10 bits per heavy atom. The number of carbonyl (C=O) groups excluding carboxylic acids is 1. The van der Waals surface area contributed by atoms with Crippen LogP contribution in [0.5, 0.6) is 5.75 Å². The van der Waals surface area contributed by atoms with Crippen molar-refractivity contribution in [1.29, 1.82) is 0 Å². The minimum atomic E-state index is -0.308. The molecule has 0 saturated carbocycles. The van der Waals surface area contributed by atoms with Crippen molar-refractivity contribution in [1.82, 2.24) is 5.43 Å². The van der Waals surface area contributed by atoms with Crippen molar-refractivity contribution >= 4 is 5.91 Å². The minimum absolute atomic E-state index is 0.194. The van der Waals surface area contributed by atoms with E-state index in [1.54, 1.807) is 12.1 Å². The molecule has 0 aliphatic heterocycles. The highest BCUT2D eigenvalue weighted by atomic mass is 19.1. The zero-order valence-electron chi connectivity index (χ0n) is 10.8. The number of hydrogen-bond acceptors (Lipinski definition) is 3. The SMILES string of the molecule is NNC(=O)Cc1ccccc1COc1ccc(F)cc1. The zero-order valence-corrected chi connectivity index (χ0v) is 10.8. The van der Waals surface area contributed by atoms with E-state index in [0.717, 1.165) is 11.1 Å². The van der Waals surface area contributed by atoms with E-state index in [4.69, 9.17) is 10.6 Å². The third kappa shape index (κ3) is 3.80. The molecule has 2 aromatic rings. The van der Waals surface area contributed by atoms with Crippen molar-refractivity contribution in [2.45, 2.75) is 13.0 Å². The number of halogens is 1. The van der Waals surface area contributed by atoms with Gasteiger partial charge in [-0.1, -0.05) is 24.3 Å².